The van der Waals surface area contributed by atoms with Gasteiger partial charge in [-0.25, -0.2) is 0 Å². The molecule has 7 nitrogen and oxygen atoms in total. The fourth-order valence-corrected chi connectivity index (χ4v) is 3.70. The van der Waals surface area contributed by atoms with Gasteiger partial charge in [-0.2, -0.15) is 0 Å². The first kappa shape index (κ1) is 19.4. The van der Waals surface area contributed by atoms with Crippen LogP contribution in [0.1, 0.15) is 6.42 Å². The number of benzene rings is 2. The van der Waals surface area contributed by atoms with Crippen LogP contribution in [0.15, 0.2) is 53.3 Å². The summed E-state index contributed by atoms with van der Waals surface area (Å²) in [6.07, 6.45) is 0.154. The zero-order chi connectivity index (χ0) is 20.2. The van der Waals surface area contributed by atoms with Crippen LogP contribution in [0.4, 0.5) is 11.4 Å². The molecule has 0 spiro atoms. The van der Waals surface area contributed by atoms with Gasteiger partial charge in [0.05, 0.1) is 24.1 Å². The van der Waals surface area contributed by atoms with Crippen molar-refractivity contribution in [3.8, 4) is 0 Å². The number of fused-ring (bicyclic) bond motifs is 1. The van der Waals surface area contributed by atoms with Gasteiger partial charge in [-0.15, -0.1) is 0 Å². The molecule has 1 fully saturated rings. The third kappa shape index (κ3) is 4.38. The molecule has 0 unspecified atom stereocenters. The van der Waals surface area contributed by atoms with E-state index in [1.165, 1.54) is 4.57 Å². The lowest BCUT2D eigenvalue weighted by Crippen LogP contribution is -2.36. The highest BCUT2D eigenvalue weighted by molar-refractivity contribution is 7.71. The molecule has 4 rings (SSSR count). The molecule has 0 atom stereocenters. The van der Waals surface area contributed by atoms with E-state index in [9.17, 15) is 9.59 Å². The van der Waals surface area contributed by atoms with Crippen LogP contribution in [-0.4, -0.2) is 41.8 Å². The van der Waals surface area contributed by atoms with Gasteiger partial charge >= 0.3 is 0 Å². The number of ether oxygens (including phenoxy) is 1. The Bertz CT molecular complexity index is 1130. The summed E-state index contributed by atoms with van der Waals surface area (Å²) in [5.41, 5.74) is 2.35. The van der Waals surface area contributed by atoms with Crippen LogP contribution in [0.2, 0.25) is 0 Å². The van der Waals surface area contributed by atoms with Gasteiger partial charge in [0.1, 0.15) is 0 Å². The minimum absolute atomic E-state index is 0.154. The quantitative estimate of drug-likeness (QED) is 0.633. The summed E-state index contributed by atoms with van der Waals surface area (Å²) in [6.45, 7) is 3.42. The minimum atomic E-state index is -0.188. The van der Waals surface area contributed by atoms with Crippen LogP contribution >= 0.6 is 12.2 Å². The molecule has 8 heteroatoms. The van der Waals surface area contributed by atoms with Crippen LogP contribution in [0.3, 0.4) is 0 Å². The number of hydrogen-bond acceptors (Lipinski definition) is 5. The molecule has 1 aromatic heterocycles. The van der Waals surface area contributed by atoms with Crippen LogP contribution in [-0.2, 0) is 16.1 Å². The van der Waals surface area contributed by atoms with Gasteiger partial charge in [-0.3, -0.25) is 14.2 Å². The molecule has 3 aromatic rings. The van der Waals surface area contributed by atoms with Crippen molar-refractivity contribution < 1.29 is 9.53 Å². The third-order valence-corrected chi connectivity index (χ3v) is 5.30. The van der Waals surface area contributed by atoms with Crippen molar-refractivity contribution in [2.75, 3.05) is 36.5 Å². The van der Waals surface area contributed by atoms with Crippen molar-refractivity contribution in [2.45, 2.75) is 13.0 Å². The molecular formula is C21H22N4O3S. The molecule has 0 radical (unpaired) electrons. The van der Waals surface area contributed by atoms with E-state index in [1.54, 1.807) is 12.1 Å². The number of carbonyl (C=O) groups excluding carboxylic acids is 1. The molecular weight excluding hydrogens is 388 g/mol. The van der Waals surface area contributed by atoms with Gasteiger partial charge in [0.25, 0.3) is 5.56 Å². The Hall–Kier alpha value is -2.97. The van der Waals surface area contributed by atoms with E-state index in [4.69, 9.17) is 17.0 Å². The first-order valence-corrected chi connectivity index (χ1v) is 9.97. The second-order valence-corrected chi connectivity index (χ2v) is 7.26. The van der Waals surface area contributed by atoms with Crippen molar-refractivity contribution >= 4 is 40.4 Å². The van der Waals surface area contributed by atoms with E-state index in [0.29, 0.717) is 15.7 Å². The lowest BCUT2D eigenvalue weighted by atomic mass is 10.2. The normalized spacial score (nSPS) is 14.1. The number of hydrogen-bond donors (Lipinski definition) is 2. The largest absolute Gasteiger partial charge is 0.378 e. The van der Waals surface area contributed by atoms with Gasteiger partial charge in [0.15, 0.2) is 4.77 Å². The number of amides is 1. The highest BCUT2D eigenvalue weighted by Gasteiger charge is 2.12. The number of morpholine rings is 1. The summed E-state index contributed by atoms with van der Waals surface area (Å²) in [7, 11) is 0. The molecule has 2 N–H and O–H groups in total. The predicted octanol–water partition coefficient (Wildman–Crippen LogP) is 2.92. The van der Waals surface area contributed by atoms with Gasteiger partial charge < -0.3 is 19.9 Å². The van der Waals surface area contributed by atoms with Gasteiger partial charge in [0, 0.05) is 37.4 Å². The first-order chi connectivity index (χ1) is 14.1. The number of nitrogens with zero attached hydrogens (tertiary/aromatic N) is 2. The van der Waals surface area contributed by atoms with E-state index in [2.05, 4.69) is 15.2 Å². The lowest BCUT2D eigenvalue weighted by molar-refractivity contribution is -0.116. The number of carbonyl (C=O) groups is 1. The van der Waals surface area contributed by atoms with E-state index >= 15 is 0 Å². The molecule has 2 aromatic carbocycles. The number of aromatic nitrogens is 2. The van der Waals surface area contributed by atoms with Crippen LogP contribution in [0, 0.1) is 4.77 Å². The highest BCUT2D eigenvalue weighted by Crippen LogP contribution is 2.19. The second-order valence-electron chi connectivity index (χ2n) is 6.88. The smallest absolute Gasteiger partial charge is 0.262 e. The molecule has 2 heterocycles. The molecule has 0 bridgehead atoms. The molecule has 1 aliphatic rings. The van der Waals surface area contributed by atoms with E-state index in [-0.39, 0.29) is 24.4 Å². The van der Waals surface area contributed by atoms with Crippen LogP contribution in [0.5, 0.6) is 0 Å². The summed E-state index contributed by atoms with van der Waals surface area (Å²) < 4.78 is 7.11. The van der Waals surface area contributed by atoms with Crippen LogP contribution < -0.4 is 15.8 Å². The fraction of sp³-hybridized carbons (Fsp3) is 0.286. The highest BCUT2D eigenvalue weighted by atomic mass is 32.1. The molecule has 0 saturated carbocycles. The number of nitrogens with one attached hydrogen (secondary N) is 2. The van der Waals surface area contributed by atoms with E-state index in [1.807, 2.05) is 36.4 Å². The minimum Gasteiger partial charge on any atom is -0.378 e. The first-order valence-electron chi connectivity index (χ1n) is 9.56. The zero-order valence-corrected chi connectivity index (χ0v) is 16.7. The van der Waals surface area contributed by atoms with Crippen molar-refractivity contribution in [2.24, 2.45) is 0 Å². The fourth-order valence-electron chi connectivity index (χ4n) is 3.42. The monoisotopic (exact) mass is 410 g/mol. The topological polar surface area (TPSA) is 79.4 Å². The van der Waals surface area contributed by atoms with Crippen LogP contribution in [0.25, 0.3) is 10.9 Å². The second kappa shape index (κ2) is 8.59. The van der Waals surface area contributed by atoms with Gasteiger partial charge in [-0.1, -0.05) is 12.1 Å². The summed E-state index contributed by atoms with van der Waals surface area (Å²) in [5, 5.41) is 3.43. The molecule has 1 amide bonds. The molecule has 29 heavy (non-hydrogen) atoms. The molecule has 1 aliphatic heterocycles. The Morgan fingerprint density at radius 2 is 1.83 bits per heavy atom. The Labute approximate surface area is 172 Å². The van der Waals surface area contributed by atoms with E-state index in [0.717, 1.165) is 37.7 Å². The van der Waals surface area contributed by atoms with Crippen molar-refractivity contribution in [3.05, 3.63) is 63.7 Å². The maximum atomic E-state index is 12.6. The summed E-state index contributed by atoms with van der Waals surface area (Å²) in [5.74, 6) is -0.168. The summed E-state index contributed by atoms with van der Waals surface area (Å²) in [4.78, 5) is 30.3. The number of para-hydroxylation sites is 1. The zero-order valence-electron chi connectivity index (χ0n) is 15.9. The van der Waals surface area contributed by atoms with Crippen molar-refractivity contribution in [1.82, 2.24) is 9.55 Å². The Morgan fingerprint density at radius 3 is 2.59 bits per heavy atom. The molecule has 150 valence electrons. The average Bonchev–Trinajstić information content (AvgIpc) is 2.75. The lowest BCUT2D eigenvalue weighted by Gasteiger charge is -2.28. The molecule has 1 saturated heterocycles. The van der Waals surface area contributed by atoms with Crippen molar-refractivity contribution in [3.63, 3.8) is 0 Å². The number of anilines is 2. The summed E-state index contributed by atoms with van der Waals surface area (Å²) in [6, 6.07) is 15.0. The van der Waals surface area contributed by atoms with Crippen molar-refractivity contribution in [1.29, 1.82) is 0 Å². The van der Waals surface area contributed by atoms with Gasteiger partial charge in [0.2, 0.25) is 5.91 Å². The number of aromatic amines is 1. The average molecular weight is 410 g/mol. The Morgan fingerprint density at radius 1 is 1.10 bits per heavy atom. The predicted molar refractivity (Wildman–Crippen MR) is 116 cm³/mol. The molecule has 0 aliphatic carbocycles. The number of rotatable bonds is 5. The Kier molecular flexibility index (Phi) is 5.73. The number of H-pyrrole nitrogens is 1. The third-order valence-electron chi connectivity index (χ3n) is 4.98. The van der Waals surface area contributed by atoms with E-state index < -0.39 is 0 Å². The Balaban J connectivity index is 1.40. The maximum Gasteiger partial charge on any atom is 0.262 e. The van der Waals surface area contributed by atoms with Gasteiger partial charge in [-0.05, 0) is 48.6 Å². The SMILES string of the molecule is O=C(CCn1c(=S)[nH]c2ccccc2c1=O)Nc1ccc(N2CCOCC2)cc1. The maximum absolute atomic E-state index is 12.6. The standard InChI is InChI=1S/C21H22N4O3S/c26-19(22-15-5-7-16(8-6-15)24-11-13-28-14-12-24)9-10-25-20(27)17-3-1-2-4-18(17)23-21(25)29/h1-8H,9-14H2,(H,22,26)(H,23,29). The summed E-state index contributed by atoms with van der Waals surface area (Å²) >= 11 is 5.29.